The van der Waals surface area contributed by atoms with Gasteiger partial charge < -0.3 is 4.74 Å². The third kappa shape index (κ3) is 3.31. The summed E-state index contributed by atoms with van der Waals surface area (Å²) in [7, 11) is 0. The number of carbonyl (C=O) groups is 1. The molecular weight excluding hydrogens is 282 g/mol. The Labute approximate surface area is 128 Å². The lowest BCUT2D eigenvalue weighted by atomic mass is 10.0. The second-order valence-corrected chi connectivity index (χ2v) is 5.17. The van der Waals surface area contributed by atoms with Crippen LogP contribution < -0.4 is 4.74 Å². The number of aryl methyl sites for hydroxylation is 2. The summed E-state index contributed by atoms with van der Waals surface area (Å²) in [5.41, 5.74) is 3.13. The highest BCUT2D eigenvalue weighted by Crippen LogP contribution is 2.27. The number of carbonyl (C=O) groups excluding carboxylic acids is 1. The van der Waals surface area contributed by atoms with Gasteiger partial charge in [0, 0.05) is 11.6 Å². The van der Waals surface area contributed by atoms with Crippen molar-refractivity contribution in [3.63, 3.8) is 0 Å². The van der Waals surface area contributed by atoms with E-state index in [1.54, 1.807) is 25.1 Å². The summed E-state index contributed by atoms with van der Waals surface area (Å²) in [6, 6.07) is 10.0. The van der Waals surface area contributed by atoms with Crippen LogP contribution in [-0.4, -0.2) is 17.3 Å². The molecule has 0 unspecified atom stereocenters. The van der Waals surface area contributed by atoms with Gasteiger partial charge in [0.1, 0.15) is 5.75 Å². The molecule has 0 aliphatic heterocycles. The maximum absolute atomic E-state index is 12.2. The van der Waals surface area contributed by atoms with Gasteiger partial charge in [-0.1, -0.05) is 18.2 Å². The summed E-state index contributed by atoms with van der Waals surface area (Å²) in [6.45, 7) is 5.38. The molecule has 5 nitrogen and oxygen atoms in total. The smallest absolute Gasteiger partial charge is 0.276 e. The van der Waals surface area contributed by atoms with Crippen LogP contribution in [0.4, 0.5) is 5.69 Å². The Balaban J connectivity index is 2.13. The lowest BCUT2D eigenvalue weighted by Crippen LogP contribution is -2.12. The molecule has 2 aromatic rings. The van der Waals surface area contributed by atoms with Crippen LogP contribution in [0, 0.1) is 30.9 Å². The van der Waals surface area contributed by atoms with Crippen molar-refractivity contribution < 1.29 is 14.5 Å². The lowest BCUT2D eigenvalue weighted by Gasteiger charge is -2.09. The number of hydrogen-bond donors (Lipinski definition) is 0. The van der Waals surface area contributed by atoms with Crippen LogP contribution in [0.5, 0.6) is 5.75 Å². The minimum absolute atomic E-state index is 0.0175. The minimum Gasteiger partial charge on any atom is -0.485 e. The predicted molar refractivity (Wildman–Crippen MR) is 83.6 cm³/mol. The topological polar surface area (TPSA) is 69.4 Å². The summed E-state index contributed by atoms with van der Waals surface area (Å²) in [5, 5.41) is 10.9. The van der Waals surface area contributed by atoms with E-state index in [2.05, 4.69) is 0 Å². The summed E-state index contributed by atoms with van der Waals surface area (Å²) in [4.78, 5) is 22.6. The molecule has 0 spiro atoms. The molecule has 0 radical (unpaired) electrons. The normalized spacial score (nSPS) is 10.3. The fourth-order valence-electron chi connectivity index (χ4n) is 2.10. The molecule has 0 amide bonds. The summed E-state index contributed by atoms with van der Waals surface area (Å²) in [5.74, 6) is 0.195. The van der Waals surface area contributed by atoms with Crippen LogP contribution in [0.15, 0.2) is 36.4 Å². The van der Waals surface area contributed by atoms with Crippen LogP contribution in [0.2, 0.25) is 0 Å². The average molecular weight is 299 g/mol. The van der Waals surface area contributed by atoms with Gasteiger partial charge in [-0.25, -0.2) is 0 Å². The second-order valence-electron chi connectivity index (χ2n) is 5.17. The highest BCUT2D eigenvalue weighted by molar-refractivity contribution is 5.97. The molecule has 2 rings (SSSR count). The predicted octanol–water partition coefficient (Wildman–Crippen LogP) is 3.78. The van der Waals surface area contributed by atoms with E-state index in [0.717, 1.165) is 11.1 Å². The molecule has 0 saturated heterocycles. The monoisotopic (exact) mass is 299 g/mol. The standard InChI is InChI=1S/C17H17NO4/c1-11-7-8-14(9-12(11)2)16(19)10-22-17-6-4-5-15(13(17)3)18(20)21/h4-9H,10H2,1-3H3. The van der Waals surface area contributed by atoms with Gasteiger partial charge in [0.2, 0.25) is 0 Å². The number of ketones is 1. The van der Waals surface area contributed by atoms with Crippen molar-refractivity contribution in [3.05, 3.63) is 68.8 Å². The van der Waals surface area contributed by atoms with Crippen LogP contribution in [0.25, 0.3) is 0 Å². The number of nitro groups is 1. The third-order valence-electron chi connectivity index (χ3n) is 3.64. The van der Waals surface area contributed by atoms with E-state index in [9.17, 15) is 14.9 Å². The van der Waals surface area contributed by atoms with E-state index in [0.29, 0.717) is 16.9 Å². The second kappa shape index (κ2) is 6.39. The van der Waals surface area contributed by atoms with Crippen molar-refractivity contribution in [1.82, 2.24) is 0 Å². The Morgan fingerprint density at radius 2 is 1.86 bits per heavy atom. The fraction of sp³-hybridized carbons (Fsp3) is 0.235. The van der Waals surface area contributed by atoms with Crippen LogP contribution in [0.1, 0.15) is 27.0 Å². The van der Waals surface area contributed by atoms with E-state index in [1.807, 2.05) is 26.0 Å². The largest absolute Gasteiger partial charge is 0.485 e. The van der Waals surface area contributed by atoms with Gasteiger partial charge in [-0.15, -0.1) is 0 Å². The van der Waals surface area contributed by atoms with Gasteiger partial charge in [-0.05, 0) is 44.0 Å². The Bertz CT molecular complexity index is 737. The highest BCUT2D eigenvalue weighted by Gasteiger charge is 2.15. The zero-order valence-electron chi connectivity index (χ0n) is 12.8. The number of nitro benzene ring substituents is 1. The first kappa shape index (κ1) is 15.7. The molecule has 0 atom stereocenters. The van der Waals surface area contributed by atoms with E-state index >= 15 is 0 Å². The van der Waals surface area contributed by atoms with Gasteiger partial charge >= 0.3 is 0 Å². The summed E-state index contributed by atoms with van der Waals surface area (Å²) in [6.07, 6.45) is 0. The lowest BCUT2D eigenvalue weighted by molar-refractivity contribution is -0.385. The first-order chi connectivity index (χ1) is 10.4. The number of hydrogen-bond acceptors (Lipinski definition) is 4. The summed E-state index contributed by atoms with van der Waals surface area (Å²) >= 11 is 0. The maximum Gasteiger partial charge on any atom is 0.276 e. The van der Waals surface area contributed by atoms with Crippen molar-refractivity contribution in [2.45, 2.75) is 20.8 Å². The van der Waals surface area contributed by atoms with Crippen molar-refractivity contribution in [2.24, 2.45) is 0 Å². The first-order valence-corrected chi connectivity index (χ1v) is 6.87. The molecule has 114 valence electrons. The Kier molecular flexibility index (Phi) is 4.56. The molecule has 0 aliphatic rings. The first-order valence-electron chi connectivity index (χ1n) is 6.87. The zero-order chi connectivity index (χ0) is 16.3. The SMILES string of the molecule is Cc1ccc(C(=O)COc2cccc([N+](=O)[O-])c2C)cc1C. The average Bonchev–Trinajstić information content (AvgIpc) is 2.48. The molecule has 22 heavy (non-hydrogen) atoms. The molecule has 5 heteroatoms. The molecule has 0 aliphatic carbocycles. The van der Waals surface area contributed by atoms with E-state index in [-0.39, 0.29) is 18.1 Å². The number of Topliss-reactive ketones (excluding diaryl/α,β-unsaturated/α-hetero) is 1. The Hall–Kier alpha value is -2.69. The number of rotatable bonds is 5. The van der Waals surface area contributed by atoms with Gasteiger partial charge in [0.05, 0.1) is 10.5 Å². The molecule has 0 saturated carbocycles. The Morgan fingerprint density at radius 1 is 1.14 bits per heavy atom. The van der Waals surface area contributed by atoms with E-state index in [1.165, 1.54) is 6.07 Å². The van der Waals surface area contributed by atoms with Gasteiger partial charge in [-0.3, -0.25) is 14.9 Å². The number of benzene rings is 2. The van der Waals surface area contributed by atoms with E-state index < -0.39 is 4.92 Å². The van der Waals surface area contributed by atoms with Crippen molar-refractivity contribution in [1.29, 1.82) is 0 Å². The molecule has 0 bridgehead atoms. The quantitative estimate of drug-likeness (QED) is 0.478. The van der Waals surface area contributed by atoms with Crippen LogP contribution >= 0.6 is 0 Å². The van der Waals surface area contributed by atoms with Gasteiger partial charge in [0.25, 0.3) is 5.69 Å². The number of nitrogens with zero attached hydrogens (tertiary/aromatic N) is 1. The molecule has 0 N–H and O–H groups in total. The molecule has 0 fully saturated rings. The molecular formula is C17H17NO4. The van der Waals surface area contributed by atoms with Crippen LogP contribution in [0.3, 0.4) is 0 Å². The maximum atomic E-state index is 12.2. The van der Waals surface area contributed by atoms with Crippen LogP contribution in [-0.2, 0) is 0 Å². The Morgan fingerprint density at radius 3 is 2.50 bits per heavy atom. The zero-order valence-corrected chi connectivity index (χ0v) is 12.8. The number of ether oxygens (including phenoxy) is 1. The highest BCUT2D eigenvalue weighted by atomic mass is 16.6. The van der Waals surface area contributed by atoms with Gasteiger partial charge in [-0.2, -0.15) is 0 Å². The van der Waals surface area contributed by atoms with Crippen molar-refractivity contribution in [3.8, 4) is 5.75 Å². The van der Waals surface area contributed by atoms with Crippen molar-refractivity contribution in [2.75, 3.05) is 6.61 Å². The van der Waals surface area contributed by atoms with Crippen molar-refractivity contribution >= 4 is 11.5 Å². The fourth-order valence-corrected chi connectivity index (χ4v) is 2.10. The van der Waals surface area contributed by atoms with E-state index in [4.69, 9.17) is 4.74 Å². The summed E-state index contributed by atoms with van der Waals surface area (Å²) < 4.78 is 5.46. The molecule has 0 heterocycles. The molecule has 2 aromatic carbocycles. The third-order valence-corrected chi connectivity index (χ3v) is 3.64. The van der Waals surface area contributed by atoms with Gasteiger partial charge in [0.15, 0.2) is 12.4 Å². The molecule has 0 aromatic heterocycles. The minimum atomic E-state index is -0.465.